The molecule has 0 aliphatic heterocycles. The number of hydrogen-bond acceptors (Lipinski definition) is 10. The highest BCUT2D eigenvalue weighted by molar-refractivity contribution is 5.94. The van der Waals surface area contributed by atoms with Crippen LogP contribution in [0.15, 0.2) is 24.5 Å². The van der Waals surface area contributed by atoms with Crippen molar-refractivity contribution < 1.29 is 29.0 Å². The quantitative estimate of drug-likeness (QED) is 0.256. The number of carbonyl (C=O) groups excluding carboxylic acids is 1. The van der Waals surface area contributed by atoms with Gasteiger partial charge in [-0.15, -0.1) is 0 Å². The average molecular weight is 386 g/mol. The number of nitro benzene ring substituents is 1. The molecule has 0 aliphatic carbocycles. The van der Waals surface area contributed by atoms with Crippen LogP contribution >= 0.6 is 0 Å². The fourth-order valence-corrected chi connectivity index (χ4v) is 2.26. The highest BCUT2D eigenvalue weighted by atomic mass is 16.6. The maximum atomic E-state index is 11.4. The molecule has 11 heteroatoms. The zero-order valence-corrected chi connectivity index (χ0v) is 15.0. The second kappa shape index (κ2) is 8.45. The van der Waals surface area contributed by atoms with Gasteiger partial charge in [0.2, 0.25) is 5.75 Å². The Morgan fingerprint density at radius 2 is 1.82 bits per heavy atom. The normalized spacial score (nSPS) is 11.1. The van der Waals surface area contributed by atoms with E-state index in [9.17, 15) is 25.3 Å². The third-order valence-corrected chi connectivity index (χ3v) is 3.58. The van der Waals surface area contributed by atoms with Crippen molar-refractivity contribution >= 4 is 23.0 Å². The van der Waals surface area contributed by atoms with Crippen molar-refractivity contribution in [1.29, 1.82) is 5.26 Å². The van der Waals surface area contributed by atoms with Gasteiger partial charge in [-0.2, -0.15) is 5.26 Å². The second-order valence-corrected chi connectivity index (χ2v) is 5.10. The standard InChI is InChI=1S/C17H14N4O7/c1-26-14-5-9(4-13(21(24)25)16(14)27-2)15(22)10(6-18)11-7-20-12(8-19-11)17(23)28-3/h4-5,7-8,22H,1-3H3/b15-10-. The zero-order valence-electron chi connectivity index (χ0n) is 15.0. The molecule has 0 aliphatic rings. The molecular formula is C17H14N4O7. The number of aliphatic hydroxyl groups excluding tert-OH is 1. The van der Waals surface area contributed by atoms with Crippen LogP contribution in [0.3, 0.4) is 0 Å². The fourth-order valence-electron chi connectivity index (χ4n) is 2.26. The van der Waals surface area contributed by atoms with Crippen molar-refractivity contribution in [2.45, 2.75) is 0 Å². The molecule has 0 saturated heterocycles. The first-order chi connectivity index (χ1) is 13.4. The summed E-state index contributed by atoms with van der Waals surface area (Å²) in [6.45, 7) is 0. The number of rotatable bonds is 6. The average Bonchev–Trinajstić information content (AvgIpc) is 2.72. The molecule has 0 amide bonds. The predicted molar refractivity (Wildman–Crippen MR) is 94.6 cm³/mol. The summed E-state index contributed by atoms with van der Waals surface area (Å²) >= 11 is 0. The van der Waals surface area contributed by atoms with E-state index in [1.807, 2.05) is 0 Å². The number of ether oxygens (including phenoxy) is 3. The molecule has 0 saturated carbocycles. The number of allylic oxidation sites excluding steroid dienone is 1. The van der Waals surface area contributed by atoms with Crippen molar-refractivity contribution in [3.05, 3.63) is 51.6 Å². The Morgan fingerprint density at radius 3 is 2.29 bits per heavy atom. The zero-order chi connectivity index (χ0) is 20.8. The van der Waals surface area contributed by atoms with Gasteiger partial charge in [0.1, 0.15) is 23.1 Å². The lowest BCUT2D eigenvalue weighted by molar-refractivity contribution is -0.385. The molecule has 11 nitrogen and oxygen atoms in total. The number of aliphatic hydroxyl groups is 1. The van der Waals surface area contributed by atoms with Crippen molar-refractivity contribution in [1.82, 2.24) is 9.97 Å². The van der Waals surface area contributed by atoms with Crippen LogP contribution in [0.5, 0.6) is 11.5 Å². The van der Waals surface area contributed by atoms with E-state index in [0.29, 0.717) is 0 Å². The first kappa shape index (κ1) is 20.1. The summed E-state index contributed by atoms with van der Waals surface area (Å²) in [5.41, 5.74) is -0.993. The van der Waals surface area contributed by atoms with E-state index in [0.717, 1.165) is 18.5 Å². The molecule has 1 heterocycles. The Kier molecular flexibility index (Phi) is 6.07. The number of esters is 1. The van der Waals surface area contributed by atoms with Gasteiger partial charge in [-0.3, -0.25) is 15.1 Å². The molecule has 1 aromatic heterocycles. The predicted octanol–water partition coefficient (Wildman–Crippen LogP) is 2.14. The largest absolute Gasteiger partial charge is 0.506 e. The minimum Gasteiger partial charge on any atom is -0.506 e. The number of nitriles is 1. The molecule has 2 rings (SSSR count). The first-order valence-electron chi connectivity index (χ1n) is 7.52. The topological polar surface area (TPSA) is 158 Å². The number of aromatic nitrogens is 2. The van der Waals surface area contributed by atoms with Gasteiger partial charge < -0.3 is 19.3 Å². The summed E-state index contributed by atoms with van der Waals surface area (Å²) in [6, 6.07) is 4.07. The Morgan fingerprint density at radius 1 is 1.18 bits per heavy atom. The van der Waals surface area contributed by atoms with Crippen molar-refractivity contribution in [3.63, 3.8) is 0 Å². The molecule has 28 heavy (non-hydrogen) atoms. The maximum absolute atomic E-state index is 11.4. The van der Waals surface area contributed by atoms with E-state index < -0.39 is 22.3 Å². The van der Waals surface area contributed by atoms with Gasteiger partial charge in [0, 0.05) is 11.6 Å². The molecule has 0 atom stereocenters. The second-order valence-electron chi connectivity index (χ2n) is 5.10. The fraction of sp³-hybridized carbons (Fsp3) is 0.176. The van der Waals surface area contributed by atoms with Crippen LogP contribution in [-0.4, -0.2) is 47.3 Å². The van der Waals surface area contributed by atoms with E-state index in [2.05, 4.69) is 14.7 Å². The van der Waals surface area contributed by atoms with E-state index in [-0.39, 0.29) is 34.0 Å². The van der Waals surface area contributed by atoms with Crippen LogP contribution in [-0.2, 0) is 4.74 Å². The number of benzene rings is 1. The van der Waals surface area contributed by atoms with Crippen LogP contribution in [0, 0.1) is 21.4 Å². The summed E-state index contributed by atoms with van der Waals surface area (Å²) < 4.78 is 14.6. The Balaban J connectivity index is 2.63. The van der Waals surface area contributed by atoms with E-state index in [4.69, 9.17) is 9.47 Å². The Hall–Kier alpha value is -4.20. The van der Waals surface area contributed by atoms with Gasteiger partial charge in [0.15, 0.2) is 11.4 Å². The highest BCUT2D eigenvalue weighted by Gasteiger charge is 2.24. The summed E-state index contributed by atoms with van der Waals surface area (Å²) in [5, 5.41) is 31.3. The lowest BCUT2D eigenvalue weighted by Gasteiger charge is -2.11. The highest BCUT2D eigenvalue weighted by Crippen LogP contribution is 2.40. The number of nitrogens with zero attached hydrogens (tertiary/aromatic N) is 4. The van der Waals surface area contributed by atoms with Gasteiger partial charge in [-0.1, -0.05) is 0 Å². The smallest absolute Gasteiger partial charge is 0.358 e. The van der Waals surface area contributed by atoms with Gasteiger partial charge in [0.25, 0.3) is 0 Å². The molecule has 0 spiro atoms. The third kappa shape index (κ3) is 3.80. The van der Waals surface area contributed by atoms with Gasteiger partial charge in [-0.25, -0.2) is 9.78 Å². The molecule has 2 aromatic rings. The Bertz CT molecular complexity index is 994. The summed E-state index contributed by atoms with van der Waals surface area (Å²) in [6.07, 6.45) is 2.17. The molecule has 0 bridgehead atoms. The monoisotopic (exact) mass is 386 g/mol. The summed E-state index contributed by atoms with van der Waals surface area (Å²) in [5.74, 6) is -1.46. The van der Waals surface area contributed by atoms with Crippen LogP contribution < -0.4 is 9.47 Å². The summed E-state index contributed by atoms with van der Waals surface area (Å²) in [4.78, 5) is 29.7. The van der Waals surface area contributed by atoms with Crippen LogP contribution in [0.4, 0.5) is 5.69 Å². The van der Waals surface area contributed by atoms with E-state index in [1.54, 1.807) is 6.07 Å². The number of carbonyl (C=O) groups is 1. The van der Waals surface area contributed by atoms with Crippen LogP contribution in [0.25, 0.3) is 11.3 Å². The molecule has 0 radical (unpaired) electrons. The minimum atomic E-state index is -0.721. The van der Waals surface area contributed by atoms with Crippen LogP contribution in [0.2, 0.25) is 0 Å². The SMILES string of the molecule is COC(=O)c1cnc(/C(C#N)=C(\O)c2cc(OC)c(OC)c([N+](=O)[O-])c2)cn1. The molecule has 1 aromatic carbocycles. The lowest BCUT2D eigenvalue weighted by Crippen LogP contribution is -2.06. The minimum absolute atomic E-state index is 0.0114. The molecule has 144 valence electrons. The molecule has 1 N–H and O–H groups in total. The third-order valence-electron chi connectivity index (χ3n) is 3.58. The number of nitro groups is 1. The van der Waals surface area contributed by atoms with Gasteiger partial charge >= 0.3 is 11.7 Å². The van der Waals surface area contributed by atoms with Gasteiger partial charge in [0.05, 0.1) is 38.6 Å². The Labute approximate surface area is 158 Å². The van der Waals surface area contributed by atoms with Crippen molar-refractivity contribution in [2.75, 3.05) is 21.3 Å². The van der Waals surface area contributed by atoms with Crippen molar-refractivity contribution in [3.8, 4) is 17.6 Å². The molecule has 0 unspecified atom stereocenters. The molecular weight excluding hydrogens is 372 g/mol. The first-order valence-corrected chi connectivity index (χ1v) is 7.52. The maximum Gasteiger partial charge on any atom is 0.358 e. The van der Waals surface area contributed by atoms with Crippen LogP contribution in [0.1, 0.15) is 21.7 Å². The van der Waals surface area contributed by atoms with Gasteiger partial charge in [-0.05, 0) is 6.07 Å². The lowest BCUT2D eigenvalue weighted by atomic mass is 10.1. The molecule has 0 fully saturated rings. The van der Waals surface area contributed by atoms with E-state index >= 15 is 0 Å². The number of hydrogen-bond donors (Lipinski definition) is 1. The van der Waals surface area contributed by atoms with E-state index in [1.165, 1.54) is 27.4 Å². The number of methoxy groups -OCH3 is 3. The summed E-state index contributed by atoms with van der Waals surface area (Å²) in [7, 11) is 3.68. The van der Waals surface area contributed by atoms with Crippen molar-refractivity contribution in [2.24, 2.45) is 0 Å².